The van der Waals surface area contributed by atoms with Crippen LogP contribution in [0.25, 0.3) is 0 Å². The van der Waals surface area contributed by atoms with Crippen LogP contribution in [0.15, 0.2) is 33.4 Å². The van der Waals surface area contributed by atoms with Gasteiger partial charge in [-0.15, -0.1) is 0 Å². The quantitative estimate of drug-likeness (QED) is 0.885. The number of hydrogen-bond acceptors (Lipinski definition) is 2. The maximum atomic E-state index is 5.46. The molecule has 0 aliphatic carbocycles. The van der Waals surface area contributed by atoms with Crippen molar-refractivity contribution in [3.8, 4) is 0 Å². The van der Waals surface area contributed by atoms with Crippen molar-refractivity contribution >= 4 is 15.9 Å². The molecule has 1 aromatic heterocycles. The average Bonchev–Trinajstić information content (AvgIpc) is 2.78. The lowest BCUT2D eigenvalue weighted by Gasteiger charge is -2.20. The SMILES string of the molecule is CCNC(c1coc(C)c1)c1cc(C)c(Br)cc1C. The molecule has 1 atom stereocenters. The Morgan fingerprint density at radius 3 is 2.47 bits per heavy atom. The molecule has 2 nitrogen and oxygen atoms in total. The van der Waals surface area contributed by atoms with Gasteiger partial charge in [-0.1, -0.05) is 28.9 Å². The zero-order valence-corrected chi connectivity index (χ0v) is 13.5. The summed E-state index contributed by atoms with van der Waals surface area (Å²) >= 11 is 3.59. The first kappa shape index (κ1) is 14.4. The third-order valence-electron chi connectivity index (χ3n) is 3.35. The van der Waals surface area contributed by atoms with E-state index in [1.54, 1.807) is 0 Å². The summed E-state index contributed by atoms with van der Waals surface area (Å²) in [6.45, 7) is 9.30. The molecule has 19 heavy (non-hydrogen) atoms. The van der Waals surface area contributed by atoms with E-state index in [1.807, 2.05) is 13.2 Å². The van der Waals surface area contributed by atoms with Crippen LogP contribution >= 0.6 is 15.9 Å². The van der Waals surface area contributed by atoms with Crippen molar-refractivity contribution in [2.24, 2.45) is 0 Å². The van der Waals surface area contributed by atoms with E-state index >= 15 is 0 Å². The van der Waals surface area contributed by atoms with Crippen LogP contribution in [0.1, 0.15) is 41.0 Å². The highest BCUT2D eigenvalue weighted by molar-refractivity contribution is 9.10. The Balaban J connectivity index is 2.47. The lowest BCUT2D eigenvalue weighted by atomic mass is 9.95. The molecule has 0 saturated heterocycles. The Kier molecular flexibility index (Phi) is 4.48. The molecule has 1 unspecified atom stereocenters. The maximum Gasteiger partial charge on any atom is 0.101 e. The molecule has 0 amide bonds. The first-order chi connectivity index (χ1) is 9.02. The van der Waals surface area contributed by atoms with Crippen molar-refractivity contribution in [3.05, 3.63) is 56.9 Å². The smallest absolute Gasteiger partial charge is 0.101 e. The molecule has 1 heterocycles. The number of halogens is 1. The van der Waals surface area contributed by atoms with Crippen LogP contribution in [0, 0.1) is 20.8 Å². The maximum absolute atomic E-state index is 5.46. The fourth-order valence-electron chi connectivity index (χ4n) is 2.34. The van der Waals surface area contributed by atoms with Gasteiger partial charge in [-0.25, -0.2) is 0 Å². The molecule has 0 aliphatic heterocycles. The molecule has 0 aliphatic rings. The zero-order chi connectivity index (χ0) is 14.0. The van der Waals surface area contributed by atoms with Crippen molar-refractivity contribution in [1.82, 2.24) is 5.32 Å². The Morgan fingerprint density at radius 1 is 1.16 bits per heavy atom. The standard InChI is InChI=1S/C16H20BrNO/c1-5-18-16(13-8-12(4)19-9-13)14-6-11(3)15(17)7-10(14)2/h6-9,16,18H,5H2,1-4H3. The molecule has 1 aromatic carbocycles. The third kappa shape index (κ3) is 3.10. The fourth-order valence-corrected chi connectivity index (χ4v) is 2.80. The highest BCUT2D eigenvalue weighted by atomic mass is 79.9. The molecular weight excluding hydrogens is 302 g/mol. The van der Waals surface area contributed by atoms with Crippen LogP contribution in [0.5, 0.6) is 0 Å². The van der Waals surface area contributed by atoms with E-state index in [2.05, 4.69) is 60.2 Å². The summed E-state index contributed by atoms with van der Waals surface area (Å²) in [5.74, 6) is 0.949. The van der Waals surface area contributed by atoms with Gasteiger partial charge in [0.2, 0.25) is 0 Å². The minimum absolute atomic E-state index is 0.189. The summed E-state index contributed by atoms with van der Waals surface area (Å²) in [4.78, 5) is 0. The molecule has 0 saturated carbocycles. The van der Waals surface area contributed by atoms with Crippen LogP contribution in [-0.4, -0.2) is 6.54 Å². The molecule has 0 fully saturated rings. The van der Waals surface area contributed by atoms with E-state index in [0.717, 1.165) is 16.8 Å². The first-order valence-electron chi connectivity index (χ1n) is 6.58. The van der Waals surface area contributed by atoms with Gasteiger partial charge in [0.05, 0.1) is 12.3 Å². The molecular formula is C16H20BrNO. The van der Waals surface area contributed by atoms with Gasteiger partial charge >= 0.3 is 0 Å². The van der Waals surface area contributed by atoms with E-state index in [1.165, 1.54) is 22.3 Å². The summed E-state index contributed by atoms with van der Waals surface area (Å²) in [6, 6.07) is 6.72. The second-order valence-electron chi connectivity index (χ2n) is 4.94. The number of nitrogens with one attached hydrogen (secondary N) is 1. The lowest BCUT2D eigenvalue weighted by Crippen LogP contribution is -2.22. The molecule has 2 rings (SSSR count). The monoisotopic (exact) mass is 321 g/mol. The Morgan fingerprint density at radius 2 is 1.89 bits per heavy atom. The number of hydrogen-bond donors (Lipinski definition) is 1. The highest BCUT2D eigenvalue weighted by Crippen LogP contribution is 2.30. The van der Waals surface area contributed by atoms with Crippen LogP contribution in [0.2, 0.25) is 0 Å². The largest absolute Gasteiger partial charge is 0.469 e. The van der Waals surface area contributed by atoms with Gasteiger partial charge in [0.1, 0.15) is 5.76 Å². The van der Waals surface area contributed by atoms with Crippen molar-refractivity contribution in [2.45, 2.75) is 33.7 Å². The van der Waals surface area contributed by atoms with Gasteiger partial charge in [0, 0.05) is 10.0 Å². The second kappa shape index (κ2) is 5.93. The first-order valence-corrected chi connectivity index (χ1v) is 7.37. The predicted molar refractivity (Wildman–Crippen MR) is 82.6 cm³/mol. The van der Waals surface area contributed by atoms with Gasteiger partial charge in [-0.2, -0.15) is 0 Å². The second-order valence-corrected chi connectivity index (χ2v) is 5.79. The Hall–Kier alpha value is -1.06. The number of rotatable bonds is 4. The summed E-state index contributed by atoms with van der Waals surface area (Å²) in [7, 11) is 0. The predicted octanol–water partition coefficient (Wildman–Crippen LogP) is 4.67. The van der Waals surface area contributed by atoms with E-state index in [0.29, 0.717) is 0 Å². The number of aryl methyl sites for hydroxylation is 3. The molecule has 3 heteroatoms. The normalized spacial score (nSPS) is 12.7. The van der Waals surface area contributed by atoms with Crippen LogP contribution in [0.4, 0.5) is 0 Å². The van der Waals surface area contributed by atoms with Gasteiger partial charge in [0.15, 0.2) is 0 Å². The topological polar surface area (TPSA) is 25.2 Å². The van der Waals surface area contributed by atoms with E-state index in [-0.39, 0.29) is 6.04 Å². The van der Waals surface area contributed by atoms with Crippen molar-refractivity contribution in [2.75, 3.05) is 6.54 Å². The highest BCUT2D eigenvalue weighted by Gasteiger charge is 2.18. The van der Waals surface area contributed by atoms with Gasteiger partial charge < -0.3 is 9.73 Å². The number of benzene rings is 1. The van der Waals surface area contributed by atoms with E-state index < -0.39 is 0 Å². The summed E-state index contributed by atoms with van der Waals surface area (Å²) in [5.41, 5.74) is 5.03. The van der Waals surface area contributed by atoms with Gasteiger partial charge in [0.25, 0.3) is 0 Å². The molecule has 1 N–H and O–H groups in total. The van der Waals surface area contributed by atoms with Crippen molar-refractivity contribution in [1.29, 1.82) is 0 Å². The van der Waals surface area contributed by atoms with E-state index in [4.69, 9.17) is 4.42 Å². The van der Waals surface area contributed by atoms with Gasteiger partial charge in [-0.3, -0.25) is 0 Å². The number of furan rings is 1. The summed E-state index contributed by atoms with van der Waals surface area (Å²) < 4.78 is 6.62. The van der Waals surface area contributed by atoms with E-state index in [9.17, 15) is 0 Å². The molecule has 2 aromatic rings. The average molecular weight is 322 g/mol. The van der Waals surface area contributed by atoms with Gasteiger partial charge in [-0.05, 0) is 56.1 Å². The zero-order valence-electron chi connectivity index (χ0n) is 11.9. The Labute approximate surface area is 123 Å². The minimum atomic E-state index is 0.189. The van der Waals surface area contributed by atoms with Crippen molar-refractivity contribution in [3.63, 3.8) is 0 Å². The third-order valence-corrected chi connectivity index (χ3v) is 4.21. The fraction of sp³-hybridized carbons (Fsp3) is 0.375. The van der Waals surface area contributed by atoms with Crippen LogP contribution < -0.4 is 5.32 Å². The van der Waals surface area contributed by atoms with Crippen LogP contribution in [-0.2, 0) is 0 Å². The summed E-state index contributed by atoms with van der Waals surface area (Å²) in [6.07, 6.45) is 1.85. The minimum Gasteiger partial charge on any atom is -0.469 e. The van der Waals surface area contributed by atoms with Crippen LogP contribution in [0.3, 0.4) is 0 Å². The lowest BCUT2D eigenvalue weighted by molar-refractivity contribution is 0.525. The molecule has 0 bridgehead atoms. The summed E-state index contributed by atoms with van der Waals surface area (Å²) in [5, 5.41) is 3.54. The van der Waals surface area contributed by atoms with Crippen molar-refractivity contribution < 1.29 is 4.42 Å². The Bertz CT molecular complexity index is 574. The molecule has 0 radical (unpaired) electrons. The molecule has 0 spiro atoms. The molecule has 102 valence electrons.